The van der Waals surface area contributed by atoms with Gasteiger partial charge >= 0.3 is 6.61 Å². The first-order valence-corrected chi connectivity index (χ1v) is 9.72. The Morgan fingerprint density at radius 2 is 1.45 bits per heavy atom. The van der Waals surface area contributed by atoms with Crippen molar-refractivity contribution in [2.24, 2.45) is 0 Å². The van der Waals surface area contributed by atoms with Crippen LogP contribution in [0.25, 0.3) is 0 Å². The Bertz CT molecular complexity index is 981. The highest BCUT2D eigenvalue weighted by molar-refractivity contribution is 5.94. The Kier molecular flexibility index (Phi) is 7.70. The molecule has 0 aromatic heterocycles. The Labute approximate surface area is 179 Å². The standard InChI is InChI=1S/C24H22F2N2O3/c25-24(26)31-20-13-11-17(12-14-20)16-27-22(29)15-21(18-7-3-1-4-8-18)28-23(30)19-9-5-2-6-10-19/h1-14,21,24H,15-16H2,(H,27,29)(H,28,30). The van der Waals surface area contributed by atoms with Crippen molar-refractivity contribution in [3.63, 3.8) is 0 Å². The highest BCUT2D eigenvalue weighted by atomic mass is 19.3. The third-order valence-corrected chi connectivity index (χ3v) is 4.57. The molecule has 31 heavy (non-hydrogen) atoms. The van der Waals surface area contributed by atoms with E-state index in [4.69, 9.17) is 0 Å². The monoisotopic (exact) mass is 424 g/mol. The average Bonchev–Trinajstić information content (AvgIpc) is 2.79. The molecular formula is C24H22F2N2O3. The molecule has 0 spiro atoms. The number of amides is 2. The van der Waals surface area contributed by atoms with E-state index in [1.54, 1.807) is 36.4 Å². The van der Waals surface area contributed by atoms with E-state index in [1.165, 1.54) is 12.1 Å². The predicted octanol–water partition coefficient (Wildman–Crippen LogP) is 4.47. The molecule has 160 valence electrons. The fourth-order valence-electron chi connectivity index (χ4n) is 3.02. The van der Waals surface area contributed by atoms with Crippen LogP contribution in [-0.4, -0.2) is 18.4 Å². The summed E-state index contributed by atoms with van der Waals surface area (Å²) in [6, 6.07) is 23.6. The summed E-state index contributed by atoms with van der Waals surface area (Å²) in [5.41, 5.74) is 2.06. The van der Waals surface area contributed by atoms with Crippen molar-refractivity contribution in [3.05, 3.63) is 102 Å². The van der Waals surface area contributed by atoms with Crippen LogP contribution in [0, 0.1) is 0 Å². The van der Waals surface area contributed by atoms with Gasteiger partial charge in [0.25, 0.3) is 5.91 Å². The molecule has 5 nitrogen and oxygen atoms in total. The van der Waals surface area contributed by atoms with Gasteiger partial charge in [0.1, 0.15) is 5.75 Å². The summed E-state index contributed by atoms with van der Waals surface area (Å²) in [6.07, 6.45) is 0.0508. The van der Waals surface area contributed by atoms with Crippen molar-refractivity contribution in [2.45, 2.75) is 25.6 Å². The minimum Gasteiger partial charge on any atom is -0.435 e. The number of ether oxygens (including phenoxy) is 1. The average molecular weight is 424 g/mol. The van der Waals surface area contributed by atoms with Crippen LogP contribution in [-0.2, 0) is 11.3 Å². The fraction of sp³-hybridized carbons (Fsp3) is 0.167. The lowest BCUT2D eigenvalue weighted by molar-refractivity contribution is -0.121. The molecule has 0 saturated carbocycles. The van der Waals surface area contributed by atoms with Crippen molar-refractivity contribution in [3.8, 4) is 5.75 Å². The number of nitrogens with one attached hydrogen (secondary N) is 2. The van der Waals surface area contributed by atoms with Crippen LogP contribution in [0.3, 0.4) is 0 Å². The number of halogens is 2. The summed E-state index contributed by atoms with van der Waals surface area (Å²) >= 11 is 0. The molecule has 0 bridgehead atoms. The van der Waals surface area contributed by atoms with Crippen LogP contribution < -0.4 is 15.4 Å². The second-order valence-corrected chi connectivity index (χ2v) is 6.81. The van der Waals surface area contributed by atoms with Crippen LogP contribution in [0.4, 0.5) is 8.78 Å². The second-order valence-electron chi connectivity index (χ2n) is 6.81. The number of carbonyl (C=O) groups is 2. The molecule has 3 aromatic carbocycles. The Hall–Kier alpha value is -3.74. The molecular weight excluding hydrogens is 402 g/mol. The van der Waals surface area contributed by atoms with E-state index in [0.29, 0.717) is 5.56 Å². The van der Waals surface area contributed by atoms with Crippen molar-refractivity contribution < 1.29 is 23.1 Å². The second kappa shape index (κ2) is 10.9. The Morgan fingerprint density at radius 3 is 2.06 bits per heavy atom. The Morgan fingerprint density at radius 1 is 0.839 bits per heavy atom. The number of hydrogen-bond donors (Lipinski definition) is 2. The van der Waals surface area contributed by atoms with Crippen LogP contribution in [0.1, 0.15) is 33.9 Å². The lowest BCUT2D eigenvalue weighted by Gasteiger charge is -2.19. The zero-order chi connectivity index (χ0) is 22.1. The summed E-state index contributed by atoms with van der Waals surface area (Å²) in [7, 11) is 0. The minimum atomic E-state index is -2.88. The molecule has 0 fully saturated rings. The minimum absolute atomic E-state index is 0.0508. The quantitative estimate of drug-likeness (QED) is 0.533. The van der Waals surface area contributed by atoms with Crippen LogP contribution >= 0.6 is 0 Å². The van der Waals surface area contributed by atoms with Gasteiger partial charge in [-0.15, -0.1) is 0 Å². The molecule has 7 heteroatoms. The van der Waals surface area contributed by atoms with E-state index >= 15 is 0 Å². The van der Waals surface area contributed by atoms with E-state index in [9.17, 15) is 18.4 Å². The smallest absolute Gasteiger partial charge is 0.387 e. The van der Waals surface area contributed by atoms with Crippen molar-refractivity contribution >= 4 is 11.8 Å². The zero-order valence-electron chi connectivity index (χ0n) is 16.6. The topological polar surface area (TPSA) is 67.4 Å². The van der Waals surface area contributed by atoms with Gasteiger partial charge in [-0.2, -0.15) is 8.78 Å². The molecule has 3 rings (SSSR count). The first-order chi connectivity index (χ1) is 15.0. The molecule has 0 radical (unpaired) electrons. The third-order valence-electron chi connectivity index (χ3n) is 4.57. The molecule has 2 N–H and O–H groups in total. The number of rotatable bonds is 9. The molecule has 0 heterocycles. The van der Waals surface area contributed by atoms with Crippen molar-refractivity contribution in [1.29, 1.82) is 0 Å². The maximum Gasteiger partial charge on any atom is 0.387 e. The largest absolute Gasteiger partial charge is 0.435 e. The van der Waals surface area contributed by atoms with Crippen LogP contribution in [0.2, 0.25) is 0 Å². The molecule has 0 aliphatic carbocycles. The van der Waals surface area contributed by atoms with Crippen LogP contribution in [0.5, 0.6) is 5.75 Å². The molecule has 2 amide bonds. The van der Waals surface area contributed by atoms with Gasteiger partial charge in [0.2, 0.25) is 5.91 Å². The van der Waals surface area contributed by atoms with Gasteiger partial charge in [0.15, 0.2) is 0 Å². The summed E-state index contributed by atoms with van der Waals surface area (Å²) in [6.45, 7) is -2.66. The predicted molar refractivity (Wildman–Crippen MR) is 113 cm³/mol. The number of benzene rings is 3. The molecule has 0 saturated heterocycles. The van der Waals surface area contributed by atoms with E-state index in [1.807, 2.05) is 36.4 Å². The molecule has 3 aromatic rings. The third kappa shape index (κ3) is 6.92. The zero-order valence-corrected chi connectivity index (χ0v) is 16.6. The van der Waals surface area contributed by atoms with Gasteiger partial charge < -0.3 is 15.4 Å². The van der Waals surface area contributed by atoms with Gasteiger partial charge in [-0.25, -0.2) is 0 Å². The molecule has 1 atom stereocenters. The first kappa shape index (κ1) is 22.0. The summed E-state index contributed by atoms with van der Waals surface area (Å²) in [5.74, 6) is -0.468. The molecule has 0 aliphatic heterocycles. The first-order valence-electron chi connectivity index (χ1n) is 9.72. The summed E-state index contributed by atoms with van der Waals surface area (Å²) in [5, 5.41) is 5.71. The lowest BCUT2D eigenvalue weighted by atomic mass is 10.0. The molecule has 1 unspecified atom stereocenters. The lowest BCUT2D eigenvalue weighted by Crippen LogP contribution is -2.33. The van der Waals surface area contributed by atoms with Crippen LogP contribution in [0.15, 0.2) is 84.9 Å². The van der Waals surface area contributed by atoms with Gasteiger partial charge in [-0.3, -0.25) is 9.59 Å². The highest BCUT2D eigenvalue weighted by Gasteiger charge is 2.19. The van der Waals surface area contributed by atoms with Crippen molar-refractivity contribution in [2.75, 3.05) is 0 Å². The summed E-state index contributed by atoms with van der Waals surface area (Å²) in [4.78, 5) is 25.1. The number of hydrogen-bond acceptors (Lipinski definition) is 3. The SMILES string of the molecule is O=C(CC(NC(=O)c1ccccc1)c1ccccc1)NCc1ccc(OC(F)F)cc1. The van der Waals surface area contributed by atoms with E-state index in [-0.39, 0.29) is 30.5 Å². The van der Waals surface area contributed by atoms with Gasteiger partial charge in [-0.1, -0.05) is 60.7 Å². The normalized spacial score (nSPS) is 11.6. The Balaban J connectivity index is 1.61. The maximum atomic E-state index is 12.6. The number of carbonyl (C=O) groups excluding carboxylic acids is 2. The maximum absolute atomic E-state index is 12.6. The van der Waals surface area contributed by atoms with E-state index in [2.05, 4.69) is 15.4 Å². The van der Waals surface area contributed by atoms with Crippen molar-refractivity contribution in [1.82, 2.24) is 10.6 Å². The summed E-state index contributed by atoms with van der Waals surface area (Å²) < 4.78 is 28.8. The van der Waals surface area contributed by atoms with Gasteiger partial charge in [0, 0.05) is 12.1 Å². The fourth-order valence-corrected chi connectivity index (χ4v) is 3.02. The number of alkyl halides is 2. The highest BCUT2D eigenvalue weighted by Crippen LogP contribution is 2.18. The van der Waals surface area contributed by atoms with Gasteiger partial charge in [-0.05, 0) is 35.4 Å². The van der Waals surface area contributed by atoms with E-state index < -0.39 is 12.7 Å². The molecule has 0 aliphatic rings. The van der Waals surface area contributed by atoms with E-state index in [0.717, 1.165) is 11.1 Å². The van der Waals surface area contributed by atoms with Gasteiger partial charge in [0.05, 0.1) is 12.5 Å².